The van der Waals surface area contributed by atoms with Gasteiger partial charge < -0.3 is 10.7 Å². The van der Waals surface area contributed by atoms with Crippen molar-refractivity contribution >= 4 is 16.7 Å². The fourth-order valence-electron chi connectivity index (χ4n) is 2.37. The molecule has 3 aromatic rings. The van der Waals surface area contributed by atoms with Crippen LogP contribution in [0, 0.1) is 24.1 Å². The van der Waals surface area contributed by atoms with Gasteiger partial charge in [0.1, 0.15) is 23.3 Å². The first-order valence-electron chi connectivity index (χ1n) is 6.18. The van der Waals surface area contributed by atoms with E-state index in [1.54, 1.807) is 24.3 Å². The molecule has 0 aliphatic heterocycles. The third-order valence-corrected chi connectivity index (χ3v) is 3.37. The Morgan fingerprint density at radius 3 is 2.75 bits per heavy atom. The van der Waals surface area contributed by atoms with Crippen LogP contribution in [0.3, 0.4) is 0 Å². The maximum atomic E-state index is 13.9. The molecule has 0 aliphatic rings. The van der Waals surface area contributed by atoms with E-state index in [-0.39, 0.29) is 5.82 Å². The van der Waals surface area contributed by atoms with Gasteiger partial charge in [-0.1, -0.05) is 23.8 Å². The lowest BCUT2D eigenvalue weighted by molar-refractivity contribution is 0.631. The van der Waals surface area contributed by atoms with Gasteiger partial charge in [-0.25, -0.2) is 4.39 Å². The Hall–Kier alpha value is -2.80. The van der Waals surface area contributed by atoms with E-state index in [2.05, 4.69) is 11.1 Å². The van der Waals surface area contributed by atoms with Crippen LogP contribution in [-0.4, -0.2) is 4.98 Å². The van der Waals surface area contributed by atoms with Crippen LogP contribution >= 0.6 is 0 Å². The molecule has 98 valence electrons. The monoisotopic (exact) mass is 265 g/mol. The third-order valence-electron chi connectivity index (χ3n) is 3.37. The first kappa shape index (κ1) is 12.2. The van der Waals surface area contributed by atoms with Gasteiger partial charge in [0.15, 0.2) is 0 Å². The highest BCUT2D eigenvalue weighted by atomic mass is 19.1. The minimum Gasteiger partial charge on any atom is -0.384 e. The number of fused-ring (bicyclic) bond motifs is 1. The number of nitrogens with zero attached hydrogens (tertiary/aromatic N) is 1. The molecular formula is C16H12FN3. The molecule has 20 heavy (non-hydrogen) atoms. The summed E-state index contributed by atoms with van der Waals surface area (Å²) in [5.74, 6) is 0.0688. The second-order valence-corrected chi connectivity index (χ2v) is 4.77. The van der Waals surface area contributed by atoms with E-state index in [1.165, 1.54) is 6.07 Å². The largest absolute Gasteiger partial charge is 0.384 e. The number of aryl methyl sites for hydroxylation is 1. The Labute approximate surface area is 115 Å². The Morgan fingerprint density at radius 1 is 1.20 bits per heavy atom. The van der Waals surface area contributed by atoms with E-state index in [9.17, 15) is 4.39 Å². The molecule has 0 amide bonds. The number of hydrogen-bond donors (Lipinski definition) is 2. The molecule has 0 spiro atoms. The maximum absolute atomic E-state index is 13.9. The topological polar surface area (TPSA) is 65.6 Å². The lowest BCUT2D eigenvalue weighted by Gasteiger charge is -2.05. The molecular weight excluding hydrogens is 253 g/mol. The zero-order valence-electron chi connectivity index (χ0n) is 10.9. The Bertz CT molecular complexity index is 856. The van der Waals surface area contributed by atoms with Crippen LogP contribution in [0.5, 0.6) is 0 Å². The molecule has 3 nitrogen and oxygen atoms in total. The maximum Gasteiger partial charge on any atom is 0.131 e. The minimum absolute atomic E-state index is 0.269. The summed E-state index contributed by atoms with van der Waals surface area (Å²) >= 11 is 0. The van der Waals surface area contributed by atoms with Gasteiger partial charge >= 0.3 is 0 Å². The van der Waals surface area contributed by atoms with Gasteiger partial charge in [0.25, 0.3) is 0 Å². The number of hydrogen-bond acceptors (Lipinski definition) is 2. The first-order valence-corrected chi connectivity index (χ1v) is 6.18. The van der Waals surface area contributed by atoms with Crippen molar-refractivity contribution in [3.05, 3.63) is 53.3 Å². The van der Waals surface area contributed by atoms with Crippen molar-refractivity contribution in [2.75, 3.05) is 5.73 Å². The van der Waals surface area contributed by atoms with Crippen molar-refractivity contribution in [3.63, 3.8) is 0 Å². The van der Waals surface area contributed by atoms with Crippen molar-refractivity contribution in [3.8, 4) is 17.2 Å². The van der Waals surface area contributed by atoms with Crippen LogP contribution in [0.15, 0.2) is 36.4 Å². The summed E-state index contributed by atoms with van der Waals surface area (Å²) in [7, 11) is 0. The Morgan fingerprint density at radius 2 is 2.00 bits per heavy atom. The summed E-state index contributed by atoms with van der Waals surface area (Å²) < 4.78 is 13.9. The number of nitriles is 1. The van der Waals surface area contributed by atoms with E-state index >= 15 is 0 Å². The average molecular weight is 265 g/mol. The number of rotatable bonds is 1. The van der Waals surface area contributed by atoms with Crippen LogP contribution < -0.4 is 5.73 Å². The van der Waals surface area contributed by atoms with Crippen molar-refractivity contribution < 1.29 is 4.39 Å². The summed E-state index contributed by atoms with van der Waals surface area (Å²) in [6.45, 7) is 1.92. The first-order chi connectivity index (χ1) is 9.60. The molecule has 0 saturated heterocycles. The number of nitrogens with two attached hydrogens (primary N) is 1. The van der Waals surface area contributed by atoms with Gasteiger partial charge in [0.2, 0.25) is 0 Å². The van der Waals surface area contributed by atoms with Crippen LogP contribution in [0.1, 0.15) is 11.1 Å². The number of aromatic nitrogens is 1. The fraction of sp³-hybridized carbons (Fsp3) is 0.0625. The Balaban J connectivity index is 2.24. The quantitative estimate of drug-likeness (QED) is 0.704. The molecule has 0 atom stereocenters. The average Bonchev–Trinajstić information content (AvgIpc) is 2.75. The highest BCUT2D eigenvalue weighted by Gasteiger charge is 2.11. The number of halogens is 1. The summed E-state index contributed by atoms with van der Waals surface area (Å²) in [6.07, 6.45) is 0. The number of nitrogen functional groups attached to an aromatic ring is 1. The summed E-state index contributed by atoms with van der Waals surface area (Å²) in [5.41, 5.74) is 9.20. The third kappa shape index (κ3) is 1.81. The molecule has 0 bridgehead atoms. The number of nitrogens with one attached hydrogen (secondary N) is 1. The second-order valence-electron chi connectivity index (χ2n) is 4.77. The van der Waals surface area contributed by atoms with Crippen LogP contribution in [0.4, 0.5) is 10.2 Å². The fourth-order valence-corrected chi connectivity index (χ4v) is 2.37. The molecule has 0 radical (unpaired) electrons. The lowest BCUT2D eigenvalue weighted by Crippen LogP contribution is -1.86. The number of anilines is 1. The summed E-state index contributed by atoms with van der Waals surface area (Å²) in [6, 6.07) is 12.5. The molecule has 4 heteroatoms. The van der Waals surface area contributed by atoms with Crippen LogP contribution in [0.25, 0.3) is 22.0 Å². The van der Waals surface area contributed by atoms with E-state index in [4.69, 9.17) is 11.0 Å². The van der Waals surface area contributed by atoms with Gasteiger partial charge in [0, 0.05) is 16.5 Å². The highest BCUT2D eigenvalue weighted by molar-refractivity contribution is 5.93. The molecule has 0 unspecified atom stereocenters. The van der Waals surface area contributed by atoms with Gasteiger partial charge in [-0.05, 0) is 30.7 Å². The van der Waals surface area contributed by atoms with Gasteiger partial charge in [0.05, 0.1) is 0 Å². The number of benzene rings is 2. The molecule has 3 N–H and O–H groups in total. The molecule has 2 aromatic carbocycles. The van der Waals surface area contributed by atoms with Crippen molar-refractivity contribution in [2.45, 2.75) is 6.92 Å². The summed E-state index contributed by atoms with van der Waals surface area (Å²) in [5, 5.41) is 9.81. The van der Waals surface area contributed by atoms with E-state index in [0.29, 0.717) is 16.9 Å². The van der Waals surface area contributed by atoms with E-state index in [1.807, 2.05) is 13.0 Å². The molecule has 0 fully saturated rings. The lowest BCUT2D eigenvalue weighted by atomic mass is 10.0. The van der Waals surface area contributed by atoms with E-state index in [0.717, 1.165) is 22.0 Å². The highest BCUT2D eigenvalue weighted by Crippen LogP contribution is 2.30. The van der Waals surface area contributed by atoms with Crippen LogP contribution in [0.2, 0.25) is 0 Å². The van der Waals surface area contributed by atoms with Crippen LogP contribution in [-0.2, 0) is 0 Å². The molecule has 0 aliphatic carbocycles. The standard InChI is InChI=1S/C16H12FN3/c1-9-2-5-14(17)12(6-9)10-3-4-11-13(8-18)16(19)20-15(11)7-10/h2-7,20H,19H2,1H3. The SMILES string of the molecule is Cc1ccc(F)c(-c2ccc3c(C#N)c(N)[nH]c3c2)c1. The zero-order valence-corrected chi connectivity index (χ0v) is 10.9. The molecule has 1 aromatic heterocycles. The van der Waals surface area contributed by atoms with Crippen molar-refractivity contribution in [1.82, 2.24) is 4.98 Å². The molecule has 3 rings (SSSR count). The second kappa shape index (κ2) is 4.39. The normalized spacial score (nSPS) is 10.7. The van der Waals surface area contributed by atoms with Crippen molar-refractivity contribution in [1.29, 1.82) is 5.26 Å². The van der Waals surface area contributed by atoms with Gasteiger partial charge in [-0.15, -0.1) is 0 Å². The summed E-state index contributed by atoms with van der Waals surface area (Å²) in [4.78, 5) is 2.96. The smallest absolute Gasteiger partial charge is 0.131 e. The molecule has 0 saturated carbocycles. The zero-order chi connectivity index (χ0) is 14.3. The molecule has 1 heterocycles. The number of H-pyrrole nitrogens is 1. The minimum atomic E-state index is -0.269. The van der Waals surface area contributed by atoms with E-state index < -0.39 is 0 Å². The predicted molar refractivity (Wildman–Crippen MR) is 77.6 cm³/mol. The predicted octanol–water partition coefficient (Wildman–Crippen LogP) is 3.74. The van der Waals surface area contributed by atoms with Gasteiger partial charge in [-0.3, -0.25) is 0 Å². The van der Waals surface area contributed by atoms with Gasteiger partial charge in [-0.2, -0.15) is 5.26 Å². The number of aromatic amines is 1. The Kier molecular flexibility index (Phi) is 2.69. The van der Waals surface area contributed by atoms with Crippen molar-refractivity contribution in [2.24, 2.45) is 0 Å².